The van der Waals surface area contributed by atoms with E-state index in [1.807, 2.05) is 6.92 Å². The smallest absolute Gasteiger partial charge is 0.282 e. The van der Waals surface area contributed by atoms with Crippen molar-refractivity contribution in [3.05, 3.63) is 40.4 Å². The topological polar surface area (TPSA) is 66.9 Å². The molecule has 21 heavy (non-hydrogen) atoms. The van der Waals surface area contributed by atoms with Gasteiger partial charge in [0.25, 0.3) is 5.91 Å². The maximum atomic E-state index is 12.2. The highest BCUT2D eigenvalue weighted by Crippen LogP contribution is 2.22. The van der Waals surface area contributed by atoms with E-state index in [1.54, 1.807) is 0 Å². The van der Waals surface area contributed by atoms with Crippen molar-refractivity contribution in [1.82, 2.24) is 15.5 Å². The van der Waals surface area contributed by atoms with Gasteiger partial charge in [-0.1, -0.05) is 35.6 Å². The lowest BCUT2D eigenvalue weighted by Gasteiger charge is -2.25. The van der Waals surface area contributed by atoms with Gasteiger partial charge in [-0.05, 0) is 37.3 Å². The summed E-state index contributed by atoms with van der Waals surface area (Å²) < 4.78 is 0. The predicted octanol–water partition coefficient (Wildman–Crippen LogP) is 2.26. The molecular formula is C15H18N4OS. The third-order valence-electron chi connectivity index (χ3n) is 3.63. The van der Waals surface area contributed by atoms with Crippen LogP contribution in [-0.4, -0.2) is 28.7 Å². The van der Waals surface area contributed by atoms with Crippen molar-refractivity contribution in [3.63, 3.8) is 0 Å². The van der Waals surface area contributed by atoms with Crippen LogP contribution in [0, 0.1) is 0 Å². The molecule has 0 saturated carbocycles. The Labute approximate surface area is 127 Å². The molecule has 5 nitrogen and oxygen atoms in total. The Morgan fingerprint density at radius 3 is 2.95 bits per heavy atom. The standard InChI is InChI=1S/C15H18N4OS/c1-2-16-15-19-18-14(21-15)13(20)17-12-8-7-10-5-3-4-6-11(10)9-12/h3-6,12H,2,7-9H2,1H3,(H,16,19)(H,17,20). The van der Waals surface area contributed by atoms with Gasteiger partial charge < -0.3 is 10.6 Å². The van der Waals surface area contributed by atoms with Crippen LogP contribution in [0.4, 0.5) is 5.13 Å². The molecule has 0 bridgehead atoms. The third kappa shape index (κ3) is 3.21. The summed E-state index contributed by atoms with van der Waals surface area (Å²) in [5, 5.41) is 15.1. The van der Waals surface area contributed by atoms with Crippen LogP contribution >= 0.6 is 11.3 Å². The number of aryl methyl sites for hydroxylation is 1. The zero-order valence-corrected chi connectivity index (χ0v) is 12.7. The van der Waals surface area contributed by atoms with Crippen LogP contribution in [0.5, 0.6) is 0 Å². The molecule has 1 aliphatic carbocycles. The molecule has 1 unspecified atom stereocenters. The van der Waals surface area contributed by atoms with Gasteiger partial charge in [-0.15, -0.1) is 10.2 Å². The van der Waals surface area contributed by atoms with Crippen LogP contribution in [0.3, 0.4) is 0 Å². The van der Waals surface area contributed by atoms with Gasteiger partial charge >= 0.3 is 0 Å². The van der Waals surface area contributed by atoms with Crippen molar-refractivity contribution < 1.29 is 4.79 Å². The van der Waals surface area contributed by atoms with Crippen molar-refractivity contribution in [2.75, 3.05) is 11.9 Å². The molecule has 3 rings (SSSR count). The normalized spacial score (nSPS) is 17.1. The molecule has 1 aliphatic rings. The molecule has 2 aromatic rings. The van der Waals surface area contributed by atoms with E-state index in [2.05, 4.69) is 45.1 Å². The second kappa shape index (κ2) is 6.22. The van der Waals surface area contributed by atoms with E-state index < -0.39 is 0 Å². The summed E-state index contributed by atoms with van der Waals surface area (Å²) in [4.78, 5) is 12.2. The van der Waals surface area contributed by atoms with Crippen molar-refractivity contribution in [2.45, 2.75) is 32.2 Å². The quantitative estimate of drug-likeness (QED) is 0.909. The van der Waals surface area contributed by atoms with E-state index in [9.17, 15) is 4.79 Å². The maximum Gasteiger partial charge on any atom is 0.282 e. The zero-order chi connectivity index (χ0) is 14.7. The molecule has 1 aromatic carbocycles. The van der Waals surface area contributed by atoms with Gasteiger partial charge in [0.2, 0.25) is 10.1 Å². The van der Waals surface area contributed by atoms with Gasteiger partial charge in [-0.25, -0.2) is 0 Å². The summed E-state index contributed by atoms with van der Waals surface area (Å²) in [5.74, 6) is -0.124. The van der Waals surface area contributed by atoms with Crippen molar-refractivity contribution in [2.24, 2.45) is 0 Å². The van der Waals surface area contributed by atoms with E-state index in [0.29, 0.717) is 10.1 Å². The third-order valence-corrected chi connectivity index (χ3v) is 4.51. The Kier molecular flexibility index (Phi) is 4.15. The van der Waals surface area contributed by atoms with E-state index in [1.165, 1.54) is 22.5 Å². The minimum atomic E-state index is -0.124. The van der Waals surface area contributed by atoms with Crippen LogP contribution in [-0.2, 0) is 12.8 Å². The molecule has 0 saturated heterocycles. The maximum absolute atomic E-state index is 12.2. The largest absolute Gasteiger partial charge is 0.360 e. The summed E-state index contributed by atoms with van der Waals surface area (Å²) in [6.07, 6.45) is 2.88. The highest BCUT2D eigenvalue weighted by Gasteiger charge is 2.22. The van der Waals surface area contributed by atoms with Crippen LogP contribution < -0.4 is 10.6 Å². The zero-order valence-electron chi connectivity index (χ0n) is 11.9. The fourth-order valence-electron chi connectivity index (χ4n) is 2.61. The van der Waals surface area contributed by atoms with Gasteiger partial charge in [0.05, 0.1) is 0 Å². The first-order valence-corrected chi connectivity index (χ1v) is 8.03. The van der Waals surface area contributed by atoms with Crippen LogP contribution in [0.25, 0.3) is 0 Å². The predicted molar refractivity (Wildman–Crippen MR) is 83.8 cm³/mol. The Hall–Kier alpha value is -1.95. The van der Waals surface area contributed by atoms with E-state index in [-0.39, 0.29) is 11.9 Å². The van der Waals surface area contributed by atoms with Crippen molar-refractivity contribution in [1.29, 1.82) is 0 Å². The van der Waals surface area contributed by atoms with E-state index in [4.69, 9.17) is 0 Å². The van der Waals surface area contributed by atoms with Gasteiger partial charge in [-0.3, -0.25) is 4.79 Å². The number of hydrogen-bond donors (Lipinski definition) is 2. The summed E-state index contributed by atoms with van der Waals surface area (Å²) in [6, 6.07) is 8.61. The van der Waals surface area contributed by atoms with Gasteiger partial charge in [-0.2, -0.15) is 0 Å². The lowest BCUT2D eigenvalue weighted by Crippen LogP contribution is -2.38. The molecule has 110 valence electrons. The molecule has 0 radical (unpaired) electrons. The highest BCUT2D eigenvalue weighted by molar-refractivity contribution is 7.17. The lowest BCUT2D eigenvalue weighted by molar-refractivity contribution is 0.0932. The number of carbonyl (C=O) groups is 1. The Morgan fingerprint density at radius 2 is 2.14 bits per heavy atom. The van der Waals surface area contributed by atoms with Gasteiger partial charge in [0.15, 0.2) is 0 Å². The molecule has 1 aromatic heterocycles. The average Bonchev–Trinajstić information content (AvgIpc) is 2.96. The number of fused-ring (bicyclic) bond motifs is 1. The summed E-state index contributed by atoms with van der Waals surface area (Å²) in [5.41, 5.74) is 2.73. The molecular weight excluding hydrogens is 284 g/mol. The number of amides is 1. The first-order valence-electron chi connectivity index (χ1n) is 7.21. The summed E-state index contributed by atoms with van der Waals surface area (Å²) >= 11 is 1.29. The number of carbonyl (C=O) groups excluding carboxylic acids is 1. The second-order valence-electron chi connectivity index (χ2n) is 5.12. The monoisotopic (exact) mass is 302 g/mol. The summed E-state index contributed by atoms with van der Waals surface area (Å²) in [7, 11) is 0. The van der Waals surface area contributed by atoms with Crippen molar-refractivity contribution in [3.8, 4) is 0 Å². The number of anilines is 1. The minimum absolute atomic E-state index is 0.124. The minimum Gasteiger partial charge on any atom is -0.360 e. The molecule has 1 heterocycles. The number of rotatable bonds is 4. The molecule has 0 aliphatic heterocycles. The molecule has 0 fully saturated rings. The Balaban J connectivity index is 1.63. The first kappa shape index (κ1) is 14.0. The Bertz CT molecular complexity index is 640. The van der Waals surface area contributed by atoms with Crippen LogP contribution in [0.1, 0.15) is 34.3 Å². The van der Waals surface area contributed by atoms with Crippen molar-refractivity contribution >= 4 is 22.4 Å². The summed E-state index contributed by atoms with van der Waals surface area (Å²) in [6.45, 7) is 2.76. The van der Waals surface area contributed by atoms with Crippen LogP contribution in [0.2, 0.25) is 0 Å². The molecule has 2 N–H and O–H groups in total. The average molecular weight is 302 g/mol. The van der Waals surface area contributed by atoms with E-state index in [0.717, 1.165) is 25.8 Å². The fourth-order valence-corrected chi connectivity index (χ4v) is 3.32. The number of hydrogen-bond acceptors (Lipinski definition) is 5. The molecule has 6 heteroatoms. The fraction of sp³-hybridized carbons (Fsp3) is 0.400. The lowest BCUT2D eigenvalue weighted by atomic mass is 9.88. The number of aromatic nitrogens is 2. The first-order chi connectivity index (χ1) is 10.3. The second-order valence-corrected chi connectivity index (χ2v) is 6.10. The molecule has 1 amide bonds. The Morgan fingerprint density at radius 1 is 1.33 bits per heavy atom. The molecule has 1 atom stereocenters. The number of nitrogens with zero attached hydrogens (tertiary/aromatic N) is 2. The van der Waals surface area contributed by atoms with Gasteiger partial charge in [0, 0.05) is 12.6 Å². The van der Waals surface area contributed by atoms with E-state index >= 15 is 0 Å². The number of benzene rings is 1. The van der Waals surface area contributed by atoms with Crippen LogP contribution in [0.15, 0.2) is 24.3 Å². The molecule has 0 spiro atoms. The van der Waals surface area contributed by atoms with Gasteiger partial charge in [0.1, 0.15) is 0 Å². The SMILES string of the molecule is CCNc1nnc(C(=O)NC2CCc3ccccc3C2)s1. The number of nitrogens with one attached hydrogen (secondary N) is 2. The highest BCUT2D eigenvalue weighted by atomic mass is 32.1.